The van der Waals surface area contributed by atoms with Gasteiger partial charge >= 0.3 is 6.09 Å². The second-order valence-corrected chi connectivity index (χ2v) is 14.4. The molecule has 0 fully saturated rings. The SMILES string of the molecule is CC(C)C(NC(=O)COCCOCCNC(=O)COCCOCCN)C(=O)NC(Cc1ccccc1)CC(O)C(Cc1ccccc1)NC(=O)OCc1cncs1. The Kier molecular flexibility index (Phi) is 23.0. The number of aliphatic hydroxyl groups excluding tert-OH is 1. The van der Waals surface area contributed by atoms with Gasteiger partial charge in [-0.25, -0.2) is 4.79 Å². The number of nitrogens with one attached hydrogen (secondary N) is 4. The van der Waals surface area contributed by atoms with Crippen LogP contribution in [0.15, 0.2) is 72.4 Å². The molecular weight excluding hydrogens is 757 g/mol. The molecule has 0 radical (unpaired) electrons. The molecule has 1 heterocycles. The first-order valence-electron chi connectivity index (χ1n) is 19.1. The van der Waals surface area contributed by atoms with E-state index >= 15 is 0 Å². The molecule has 0 aliphatic rings. The smallest absolute Gasteiger partial charge is 0.407 e. The number of ether oxygens (including phenoxy) is 5. The van der Waals surface area contributed by atoms with E-state index in [4.69, 9.17) is 29.4 Å². The van der Waals surface area contributed by atoms with Crippen LogP contribution < -0.4 is 27.0 Å². The van der Waals surface area contributed by atoms with Crippen LogP contribution in [0, 0.1) is 5.92 Å². The van der Waals surface area contributed by atoms with Crippen molar-refractivity contribution in [1.29, 1.82) is 0 Å². The number of thiazole rings is 1. The van der Waals surface area contributed by atoms with Crippen LogP contribution in [-0.2, 0) is 57.5 Å². The minimum atomic E-state index is -1.08. The van der Waals surface area contributed by atoms with Crippen LogP contribution in [-0.4, -0.2) is 124 Å². The van der Waals surface area contributed by atoms with E-state index in [1.807, 2.05) is 74.5 Å². The lowest BCUT2D eigenvalue weighted by Crippen LogP contribution is -2.54. The number of hydrogen-bond donors (Lipinski definition) is 6. The Morgan fingerprint density at radius 3 is 2.00 bits per heavy atom. The van der Waals surface area contributed by atoms with Crippen molar-refractivity contribution < 1.29 is 48.0 Å². The Hall–Kier alpha value is -4.49. The normalized spacial score (nSPS) is 13.3. The third kappa shape index (κ3) is 20.5. The summed E-state index contributed by atoms with van der Waals surface area (Å²) in [7, 11) is 0. The number of carbonyl (C=O) groups excluding carboxylic acids is 4. The van der Waals surface area contributed by atoms with Crippen LogP contribution in [0.4, 0.5) is 4.79 Å². The largest absolute Gasteiger partial charge is 0.444 e. The molecule has 0 bridgehead atoms. The molecule has 57 heavy (non-hydrogen) atoms. The molecule has 0 spiro atoms. The molecule has 314 valence electrons. The first-order valence-corrected chi connectivity index (χ1v) is 20.0. The summed E-state index contributed by atoms with van der Waals surface area (Å²) < 4.78 is 26.7. The monoisotopic (exact) mass is 814 g/mol. The predicted octanol–water partition coefficient (Wildman–Crippen LogP) is 1.74. The zero-order valence-corrected chi connectivity index (χ0v) is 33.6. The van der Waals surface area contributed by atoms with Crippen molar-refractivity contribution in [2.45, 2.75) is 63.9 Å². The number of nitrogens with zero attached hydrogens (tertiary/aromatic N) is 1. The zero-order valence-electron chi connectivity index (χ0n) is 32.8. The maximum Gasteiger partial charge on any atom is 0.407 e. The van der Waals surface area contributed by atoms with Crippen LogP contribution in [0.2, 0.25) is 0 Å². The number of amides is 4. The van der Waals surface area contributed by atoms with Gasteiger partial charge in [0.25, 0.3) is 0 Å². The third-order valence-electron chi connectivity index (χ3n) is 8.40. The third-order valence-corrected chi connectivity index (χ3v) is 9.15. The molecule has 4 unspecified atom stereocenters. The summed E-state index contributed by atoms with van der Waals surface area (Å²) in [5, 5.41) is 23.0. The molecule has 0 saturated carbocycles. The molecular formula is C40H58N6O10S. The van der Waals surface area contributed by atoms with E-state index in [-0.39, 0.29) is 64.4 Å². The Morgan fingerprint density at radius 2 is 1.39 bits per heavy atom. The van der Waals surface area contributed by atoms with Crippen LogP contribution in [0.1, 0.15) is 36.3 Å². The topological polar surface area (TPSA) is 222 Å². The summed E-state index contributed by atoms with van der Waals surface area (Å²) >= 11 is 1.37. The number of aliphatic hydroxyl groups is 1. The molecule has 7 N–H and O–H groups in total. The molecule has 4 amide bonds. The fraction of sp³-hybridized carbons (Fsp3) is 0.525. The lowest BCUT2D eigenvalue weighted by Gasteiger charge is -2.30. The van der Waals surface area contributed by atoms with E-state index in [1.165, 1.54) is 11.3 Å². The van der Waals surface area contributed by atoms with Gasteiger partial charge < -0.3 is 55.8 Å². The van der Waals surface area contributed by atoms with Gasteiger partial charge in [-0.3, -0.25) is 19.4 Å². The van der Waals surface area contributed by atoms with Gasteiger partial charge in [-0.1, -0.05) is 74.5 Å². The number of alkyl carbamates (subject to hydrolysis) is 1. The van der Waals surface area contributed by atoms with Gasteiger partial charge in [-0.15, -0.1) is 11.3 Å². The van der Waals surface area contributed by atoms with Gasteiger partial charge in [-0.05, 0) is 36.3 Å². The number of rotatable bonds is 29. The van der Waals surface area contributed by atoms with Gasteiger partial charge in [0.1, 0.15) is 25.9 Å². The molecule has 0 saturated heterocycles. The van der Waals surface area contributed by atoms with Crippen LogP contribution in [0.5, 0.6) is 0 Å². The summed E-state index contributed by atoms with van der Waals surface area (Å²) in [6.45, 7) is 5.68. The number of aromatic nitrogens is 1. The summed E-state index contributed by atoms with van der Waals surface area (Å²) in [5.41, 5.74) is 8.82. The van der Waals surface area contributed by atoms with Gasteiger partial charge in [0.2, 0.25) is 17.7 Å². The van der Waals surface area contributed by atoms with Crippen LogP contribution in [0.3, 0.4) is 0 Å². The highest BCUT2D eigenvalue weighted by Gasteiger charge is 2.30. The Bertz CT molecular complexity index is 1550. The molecule has 4 atom stereocenters. The summed E-state index contributed by atoms with van der Waals surface area (Å²) in [4.78, 5) is 56.1. The van der Waals surface area contributed by atoms with E-state index in [0.29, 0.717) is 39.2 Å². The van der Waals surface area contributed by atoms with Crippen molar-refractivity contribution in [1.82, 2.24) is 26.3 Å². The number of carbonyl (C=O) groups is 4. The number of hydrogen-bond acceptors (Lipinski definition) is 13. The summed E-state index contributed by atoms with van der Waals surface area (Å²) in [5.74, 6) is -1.45. The van der Waals surface area contributed by atoms with Crippen molar-refractivity contribution in [3.8, 4) is 0 Å². The van der Waals surface area contributed by atoms with Gasteiger partial charge in [0.15, 0.2) is 0 Å². The highest BCUT2D eigenvalue weighted by molar-refractivity contribution is 7.09. The Balaban J connectivity index is 1.50. The molecule has 2 aromatic carbocycles. The fourth-order valence-corrected chi connectivity index (χ4v) is 6.06. The average molecular weight is 815 g/mol. The predicted molar refractivity (Wildman–Crippen MR) is 214 cm³/mol. The minimum absolute atomic E-state index is 0.0459. The van der Waals surface area contributed by atoms with Gasteiger partial charge in [0, 0.05) is 25.3 Å². The molecule has 1 aromatic heterocycles. The molecule has 17 heteroatoms. The van der Waals surface area contributed by atoms with E-state index in [2.05, 4.69) is 26.3 Å². The van der Waals surface area contributed by atoms with Crippen molar-refractivity contribution in [3.63, 3.8) is 0 Å². The van der Waals surface area contributed by atoms with Crippen LogP contribution in [0.25, 0.3) is 0 Å². The minimum Gasteiger partial charge on any atom is -0.444 e. The first kappa shape index (κ1) is 46.9. The highest BCUT2D eigenvalue weighted by atomic mass is 32.1. The number of benzene rings is 2. The molecule has 0 aliphatic carbocycles. The summed E-state index contributed by atoms with van der Waals surface area (Å²) in [6, 6.07) is 16.8. The standard InChI is InChI=1S/C40H58N6O10S/c1-29(2)38(46-37(49)27-55-20-18-53-16-14-43-36(48)26-54-19-17-52-15-13-41)39(50)44-32(21-30-9-5-3-6-10-30)23-35(47)34(22-31-11-7-4-8-12-31)45-40(51)56-25-33-24-42-28-57-33/h3-12,24,28-29,32,34-35,38,47H,13-23,25-27,41H2,1-2H3,(H,43,48)(H,44,50)(H,45,51)(H,46,49). The van der Waals surface area contributed by atoms with Crippen molar-refractivity contribution in [3.05, 3.63) is 88.4 Å². The van der Waals surface area contributed by atoms with Crippen molar-refractivity contribution in [2.24, 2.45) is 11.7 Å². The molecule has 3 rings (SSSR count). The lowest BCUT2D eigenvalue weighted by molar-refractivity contribution is -0.133. The molecule has 3 aromatic rings. The maximum atomic E-state index is 13.8. The Morgan fingerprint density at radius 1 is 0.772 bits per heavy atom. The van der Waals surface area contributed by atoms with E-state index in [9.17, 15) is 24.3 Å². The van der Waals surface area contributed by atoms with Crippen molar-refractivity contribution >= 4 is 35.2 Å². The zero-order chi connectivity index (χ0) is 41.1. The number of nitrogens with two attached hydrogens (primary N) is 1. The van der Waals surface area contributed by atoms with Crippen molar-refractivity contribution in [2.75, 3.05) is 65.9 Å². The van der Waals surface area contributed by atoms with Gasteiger partial charge in [0.05, 0.1) is 62.2 Å². The second kappa shape index (κ2) is 28.0. The summed E-state index contributed by atoms with van der Waals surface area (Å²) in [6.07, 6.45) is 0.658. The Labute approximate surface area is 338 Å². The van der Waals surface area contributed by atoms with Crippen LogP contribution >= 0.6 is 11.3 Å². The average Bonchev–Trinajstić information content (AvgIpc) is 3.73. The second-order valence-electron chi connectivity index (χ2n) is 13.4. The quantitative estimate of drug-likeness (QED) is 0.0552. The lowest BCUT2D eigenvalue weighted by atomic mass is 9.93. The maximum absolute atomic E-state index is 13.8. The first-order chi connectivity index (χ1) is 27.6. The highest BCUT2D eigenvalue weighted by Crippen LogP contribution is 2.16. The van der Waals surface area contributed by atoms with Gasteiger partial charge in [-0.2, -0.15) is 0 Å². The molecule has 16 nitrogen and oxygen atoms in total. The van der Waals surface area contributed by atoms with E-state index in [0.717, 1.165) is 16.0 Å². The van der Waals surface area contributed by atoms with E-state index < -0.39 is 42.1 Å². The van der Waals surface area contributed by atoms with E-state index in [1.54, 1.807) is 11.7 Å². The fourth-order valence-electron chi connectivity index (χ4n) is 5.55. The molecule has 0 aliphatic heterocycles.